The van der Waals surface area contributed by atoms with E-state index in [2.05, 4.69) is 9.68 Å². The molecular weight excluding hydrogens is 240 g/mol. The maximum Gasteiger partial charge on any atom is 0.352 e. The standard InChI is InChI=1S/C11H10N2O5/c1-17-10-6-13(5-7-2-3-18-12-7)8(11(15)16)4-9(10)14/h2-4,6H,5H2,1H3,(H,15,16). The molecule has 94 valence electrons. The second kappa shape index (κ2) is 4.74. The summed E-state index contributed by atoms with van der Waals surface area (Å²) in [7, 11) is 1.34. The van der Waals surface area contributed by atoms with E-state index >= 15 is 0 Å². The summed E-state index contributed by atoms with van der Waals surface area (Å²) in [4.78, 5) is 22.6. The quantitative estimate of drug-likeness (QED) is 0.853. The molecule has 2 heterocycles. The van der Waals surface area contributed by atoms with Gasteiger partial charge in [-0.05, 0) is 0 Å². The van der Waals surface area contributed by atoms with Gasteiger partial charge in [-0.2, -0.15) is 0 Å². The number of ether oxygens (including phenoxy) is 1. The van der Waals surface area contributed by atoms with Crippen LogP contribution < -0.4 is 10.2 Å². The van der Waals surface area contributed by atoms with Gasteiger partial charge >= 0.3 is 5.97 Å². The van der Waals surface area contributed by atoms with Gasteiger partial charge in [0.2, 0.25) is 5.43 Å². The van der Waals surface area contributed by atoms with Gasteiger partial charge in [-0.15, -0.1) is 0 Å². The average Bonchev–Trinajstić information content (AvgIpc) is 2.83. The van der Waals surface area contributed by atoms with Crippen LogP contribution in [0.2, 0.25) is 0 Å². The fraction of sp³-hybridized carbons (Fsp3) is 0.182. The minimum Gasteiger partial charge on any atom is -0.491 e. The molecule has 0 aliphatic carbocycles. The van der Waals surface area contributed by atoms with Crippen molar-refractivity contribution in [3.05, 3.63) is 46.2 Å². The molecule has 0 unspecified atom stereocenters. The first-order valence-corrected chi connectivity index (χ1v) is 5.03. The molecule has 0 amide bonds. The first kappa shape index (κ1) is 11.9. The maximum atomic E-state index is 11.5. The number of carboxylic acid groups (broad SMARTS) is 1. The van der Waals surface area contributed by atoms with Crippen LogP contribution in [0.15, 0.2) is 33.9 Å². The van der Waals surface area contributed by atoms with Gasteiger partial charge in [0.25, 0.3) is 0 Å². The molecular formula is C11H10N2O5. The molecule has 2 rings (SSSR count). The smallest absolute Gasteiger partial charge is 0.352 e. The molecule has 7 nitrogen and oxygen atoms in total. The lowest BCUT2D eigenvalue weighted by atomic mass is 10.3. The van der Waals surface area contributed by atoms with Crippen molar-refractivity contribution in [3.8, 4) is 5.75 Å². The zero-order valence-electron chi connectivity index (χ0n) is 9.49. The van der Waals surface area contributed by atoms with E-state index in [0.717, 1.165) is 6.07 Å². The van der Waals surface area contributed by atoms with Gasteiger partial charge < -0.3 is 18.9 Å². The first-order valence-electron chi connectivity index (χ1n) is 5.03. The number of carboxylic acids is 1. The van der Waals surface area contributed by atoms with Crippen LogP contribution in [0.1, 0.15) is 16.2 Å². The van der Waals surface area contributed by atoms with Crippen LogP contribution in [0.25, 0.3) is 0 Å². The van der Waals surface area contributed by atoms with Gasteiger partial charge in [-0.25, -0.2) is 4.79 Å². The number of rotatable bonds is 4. The van der Waals surface area contributed by atoms with Crippen LogP contribution in [0.5, 0.6) is 5.75 Å². The number of hydrogen-bond acceptors (Lipinski definition) is 5. The van der Waals surface area contributed by atoms with E-state index in [1.165, 1.54) is 24.1 Å². The molecule has 2 aromatic rings. The Bertz CT molecular complexity index is 615. The summed E-state index contributed by atoms with van der Waals surface area (Å²) in [5.74, 6) is -1.12. The molecule has 0 saturated heterocycles. The number of aromatic nitrogens is 2. The summed E-state index contributed by atoms with van der Waals surface area (Å²) >= 11 is 0. The average molecular weight is 250 g/mol. The lowest BCUT2D eigenvalue weighted by molar-refractivity contribution is 0.0684. The number of aromatic carboxylic acids is 1. The Morgan fingerprint density at radius 2 is 2.39 bits per heavy atom. The summed E-state index contributed by atoms with van der Waals surface area (Å²) in [6, 6.07) is 2.62. The molecule has 0 aliphatic rings. The first-order chi connectivity index (χ1) is 8.61. The molecule has 1 N–H and O–H groups in total. The molecule has 0 aromatic carbocycles. The lowest BCUT2D eigenvalue weighted by Crippen LogP contribution is -2.18. The normalized spacial score (nSPS) is 10.3. The van der Waals surface area contributed by atoms with Crippen molar-refractivity contribution in [1.29, 1.82) is 0 Å². The lowest BCUT2D eigenvalue weighted by Gasteiger charge is -2.10. The van der Waals surface area contributed by atoms with Gasteiger partial charge in [0.1, 0.15) is 17.7 Å². The predicted octanol–water partition coefficient (Wildman–Crippen LogP) is 0.591. The van der Waals surface area contributed by atoms with E-state index in [1.54, 1.807) is 6.07 Å². The monoisotopic (exact) mass is 250 g/mol. The number of nitrogens with zero attached hydrogens (tertiary/aromatic N) is 2. The summed E-state index contributed by atoms with van der Waals surface area (Å²) in [6.45, 7) is 0.175. The highest BCUT2D eigenvalue weighted by atomic mass is 16.5. The van der Waals surface area contributed by atoms with Crippen molar-refractivity contribution in [2.24, 2.45) is 0 Å². The van der Waals surface area contributed by atoms with Gasteiger partial charge in [0, 0.05) is 12.1 Å². The number of pyridine rings is 1. The summed E-state index contributed by atoms with van der Waals surface area (Å²) in [5.41, 5.74) is -0.0710. The number of methoxy groups -OCH3 is 1. The van der Waals surface area contributed by atoms with E-state index in [-0.39, 0.29) is 18.0 Å². The highest BCUT2D eigenvalue weighted by Gasteiger charge is 2.13. The van der Waals surface area contributed by atoms with Crippen molar-refractivity contribution in [3.63, 3.8) is 0 Å². The third-order valence-electron chi connectivity index (χ3n) is 2.36. The van der Waals surface area contributed by atoms with Crippen molar-refractivity contribution in [2.45, 2.75) is 6.54 Å². The Kier molecular flexibility index (Phi) is 3.13. The molecule has 0 saturated carbocycles. The second-order valence-corrected chi connectivity index (χ2v) is 3.52. The van der Waals surface area contributed by atoms with Crippen LogP contribution >= 0.6 is 0 Å². The molecule has 2 aromatic heterocycles. The highest BCUT2D eigenvalue weighted by Crippen LogP contribution is 2.09. The summed E-state index contributed by atoms with van der Waals surface area (Å²) in [6.07, 6.45) is 2.72. The van der Waals surface area contributed by atoms with Gasteiger partial charge in [0.15, 0.2) is 5.75 Å². The van der Waals surface area contributed by atoms with E-state index in [0.29, 0.717) is 5.69 Å². The predicted molar refractivity (Wildman–Crippen MR) is 59.8 cm³/mol. The zero-order valence-corrected chi connectivity index (χ0v) is 9.49. The SMILES string of the molecule is COc1cn(Cc2ccon2)c(C(=O)O)cc1=O. The minimum absolute atomic E-state index is 0.0727. The summed E-state index contributed by atoms with van der Waals surface area (Å²) in [5, 5.41) is 12.7. The Labute approximate surface area is 101 Å². The molecule has 0 bridgehead atoms. The van der Waals surface area contributed by atoms with E-state index in [4.69, 9.17) is 9.84 Å². The molecule has 7 heteroatoms. The van der Waals surface area contributed by atoms with Crippen molar-refractivity contribution in [2.75, 3.05) is 7.11 Å². The molecule has 0 fully saturated rings. The van der Waals surface area contributed by atoms with Gasteiger partial charge in [-0.1, -0.05) is 5.16 Å². The fourth-order valence-electron chi connectivity index (χ4n) is 1.52. The van der Waals surface area contributed by atoms with Crippen LogP contribution in [-0.2, 0) is 6.54 Å². The third-order valence-corrected chi connectivity index (χ3v) is 2.36. The molecule has 0 radical (unpaired) electrons. The Hall–Kier alpha value is -2.57. The molecule has 18 heavy (non-hydrogen) atoms. The van der Waals surface area contributed by atoms with E-state index in [9.17, 15) is 9.59 Å². The van der Waals surface area contributed by atoms with Crippen LogP contribution in [0.4, 0.5) is 0 Å². The van der Waals surface area contributed by atoms with Crippen molar-refractivity contribution in [1.82, 2.24) is 9.72 Å². The van der Waals surface area contributed by atoms with E-state index < -0.39 is 11.4 Å². The van der Waals surface area contributed by atoms with Crippen LogP contribution in [0, 0.1) is 0 Å². The van der Waals surface area contributed by atoms with Crippen molar-refractivity contribution < 1.29 is 19.2 Å². The number of hydrogen-bond donors (Lipinski definition) is 1. The van der Waals surface area contributed by atoms with E-state index in [1.807, 2.05) is 0 Å². The summed E-state index contributed by atoms with van der Waals surface area (Å²) < 4.78 is 10.9. The Balaban J connectivity index is 2.49. The zero-order chi connectivity index (χ0) is 13.1. The molecule has 0 atom stereocenters. The Morgan fingerprint density at radius 3 is 2.94 bits per heavy atom. The Morgan fingerprint density at radius 1 is 1.61 bits per heavy atom. The van der Waals surface area contributed by atoms with Crippen LogP contribution in [0.3, 0.4) is 0 Å². The fourth-order valence-corrected chi connectivity index (χ4v) is 1.52. The number of carbonyl (C=O) groups is 1. The maximum absolute atomic E-state index is 11.5. The third kappa shape index (κ3) is 2.24. The van der Waals surface area contributed by atoms with Gasteiger partial charge in [-0.3, -0.25) is 4.79 Å². The van der Waals surface area contributed by atoms with Crippen LogP contribution in [-0.4, -0.2) is 27.9 Å². The van der Waals surface area contributed by atoms with Gasteiger partial charge in [0.05, 0.1) is 19.9 Å². The van der Waals surface area contributed by atoms with Crippen molar-refractivity contribution >= 4 is 5.97 Å². The highest BCUT2D eigenvalue weighted by molar-refractivity contribution is 5.85. The largest absolute Gasteiger partial charge is 0.491 e. The minimum atomic E-state index is -1.20. The second-order valence-electron chi connectivity index (χ2n) is 3.52. The molecule has 0 aliphatic heterocycles. The topological polar surface area (TPSA) is 94.6 Å². The molecule has 0 spiro atoms.